The van der Waals surface area contributed by atoms with Crippen LogP contribution in [-0.4, -0.2) is 14.9 Å². The van der Waals surface area contributed by atoms with Gasteiger partial charge in [-0.2, -0.15) is 5.10 Å². The molecule has 0 bridgehead atoms. The van der Waals surface area contributed by atoms with Crippen molar-refractivity contribution in [2.75, 3.05) is 0 Å². The van der Waals surface area contributed by atoms with E-state index in [2.05, 4.69) is 5.10 Å². The third kappa shape index (κ3) is 2.28. The maximum atomic E-state index is 13.4. The Morgan fingerprint density at radius 3 is 2.75 bits per heavy atom. The van der Waals surface area contributed by atoms with Crippen LogP contribution in [0.15, 0.2) is 36.5 Å². The first-order chi connectivity index (χ1) is 7.66. The van der Waals surface area contributed by atoms with E-state index in [1.165, 1.54) is 6.07 Å². The van der Waals surface area contributed by atoms with Crippen molar-refractivity contribution >= 4 is 0 Å². The Labute approximate surface area is 93.2 Å². The van der Waals surface area contributed by atoms with Gasteiger partial charge in [0.2, 0.25) is 0 Å². The minimum Gasteiger partial charge on any atom is -0.386 e. The van der Waals surface area contributed by atoms with Crippen LogP contribution in [0.4, 0.5) is 4.39 Å². The molecule has 1 aromatic carbocycles. The van der Waals surface area contributed by atoms with Crippen molar-refractivity contribution in [1.82, 2.24) is 9.78 Å². The molecule has 0 saturated heterocycles. The van der Waals surface area contributed by atoms with Gasteiger partial charge in [-0.05, 0) is 19.1 Å². The third-order valence-electron chi connectivity index (χ3n) is 2.40. The van der Waals surface area contributed by atoms with Crippen LogP contribution in [0.1, 0.15) is 17.4 Å². The highest BCUT2D eigenvalue weighted by molar-refractivity contribution is 5.19. The van der Waals surface area contributed by atoms with E-state index in [1.54, 1.807) is 29.1 Å². The zero-order valence-electron chi connectivity index (χ0n) is 8.97. The van der Waals surface area contributed by atoms with Gasteiger partial charge in [-0.25, -0.2) is 4.39 Å². The molecule has 16 heavy (non-hydrogen) atoms. The highest BCUT2D eigenvalue weighted by Crippen LogP contribution is 2.17. The fraction of sp³-hybridized carbons (Fsp3) is 0.250. The summed E-state index contributed by atoms with van der Waals surface area (Å²) in [6, 6.07) is 8.07. The van der Waals surface area contributed by atoms with E-state index in [-0.39, 0.29) is 12.4 Å². The lowest BCUT2D eigenvalue weighted by atomic mass is 10.1. The molecule has 1 aromatic heterocycles. The molecule has 0 aliphatic carbocycles. The Morgan fingerprint density at radius 1 is 1.38 bits per heavy atom. The van der Waals surface area contributed by atoms with Crippen LogP contribution in [0, 0.1) is 12.7 Å². The lowest BCUT2D eigenvalue weighted by Gasteiger charge is -2.11. The molecule has 1 heterocycles. The smallest absolute Gasteiger partial charge is 0.129 e. The number of rotatable bonds is 3. The van der Waals surface area contributed by atoms with Gasteiger partial charge in [0, 0.05) is 11.8 Å². The molecule has 0 radical (unpaired) electrons. The second kappa shape index (κ2) is 4.45. The number of aliphatic hydroxyl groups is 1. The molecular weight excluding hydrogens is 207 g/mol. The molecule has 1 unspecified atom stereocenters. The third-order valence-corrected chi connectivity index (χ3v) is 2.40. The fourth-order valence-corrected chi connectivity index (χ4v) is 1.59. The van der Waals surface area contributed by atoms with Crippen molar-refractivity contribution in [3.8, 4) is 0 Å². The lowest BCUT2D eigenvalue weighted by molar-refractivity contribution is 0.147. The zero-order chi connectivity index (χ0) is 11.5. The maximum absolute atomic E-state index is 13.4. The highest BCUT2D eigenvalue weighted by atomic mass is 19.1. The van der Waals surface area contributed by atoms with Gasteiger partial charge in [0.1, 0.15) is 11.9 Å². The monoisotopic (exact) mass is 220 g/mol. The predicted octanol–water partition coefficient (Wildman–Crippen LogP) is 2.06. The van der Waals surface area contributed by atoms with E-state index in [4.69, 9.17) is 0 Å². The van der Waals surface area contributed by atoms with Gasteiger partial charge >= 0.3 is 0 Å². The lowest BCUT2D eigenvalue weighted by Crippen LogP contribution is -2.10. The number of aliphatic hydroxyl groups excluding tert-OH is 1. The molecule has 0 spiro atoms. The molecule has 0 aliphatic heterocycles. The van der Waals surface area contributed by atoms with E-state index < -0.39 is 6.10 Å². The molecule has 0 aliphatic rings. The number of halogens is 1. The fourth-order valence-electron chi connectivity index (χ4n) is 1.59. The Kier molecular flexibility index (Phi) is 3.01. The molecule has 84 valence electrons. The van der Waals surface area contributed by atoms with Crippen LogP contribution < -0.4 is 0 Å². The van der Waals surface area contributed by atoms with Crippen molar-refractivity contribution in [1.29, 1.82) is 0 Å². The van der Waals surface area contributed by atoms with Crippen LogP contribution in [0.2, 0.25) is 0 Å². The number of hydrogen-bond donors (Lipinski definition) is 1. The summed E-state index contributed by atoms with van der Waals surface area (Å²) < 4.78 is 15.0. The summed E-state index contributed by atoms with van der Waals surface area (Å²) in [5.74, 6) is -0.390. The Morgan fingerprint density at radius 2 is 2.12 bits per heavy atom. The SMILES string of the molecule is Cc1ccn(CC(O)c2ccccc2F)n1. The van der Waals surface area contributed by atoms with Crippen molar-refractivity contribution < 1.29 is 9.50 Å². The van der Waals surface area contributed by atoms with Gasteiger partial charge in [-0.15, -0.1) is 0 Å². The molecule has 3 nitrogen and oxygen atoms in total. The normalized spacial score (nSPS) is 12.7. The minimum atomic E-state index is -0.875. The van der Waals surface area contributed by atoms with Crippen LogP contribution in [0.5, 0.6) is 0 Å². The van der Waals surface area contributed by atoms with Crippen LogP contribution in [0.3, 0.4) is 0 Å². The first-order valence-electron chi connectivity index (χ1n) is 5.09. The van der Waals surface area contributed by atoms with Gasteiger partial charge in [0.25, 0.3) is 0 Å². The first kappa shape index (κ1) is 10.8. The number of benzene rings is 1. The summed E-state index contributed by atoms with van der Waals surface area (Å²) in [5.41, 5.74) is 1.18. The van der Waals surface area contributed by atoms with E-state index in [0.29, 0.717) is 5.56 Å². The summed E-state index contributed by atoms with van der Waals surface area (Å²) in [5, 5.41) is 14.0. The van der Waals surface area contributed by atoms with E-state index in [9.17, 15) is 9.50 Å². The summed E-state index contributed by atoms with van der Waals surface area (Å²) in [6.07, 6.45) is 0.889. The molecule has 0 fully saturated rings. The topological polar surface area (TPSA) is 38.0 Å². The number of hydrogen-bond acceptors (Lipinski definition) is 2. The molecule has 1 atom stereocenters. The predicted molar refractivity (Wildman–Crippen MR) is 58.3 cm³/mol. The van der Waals surface area contributed by atoms with E-state index >= 15 is 0 Å². The summed E-state index contributed by atoms with van der Waals surface area (Å²) in [7, 11) is 0. The summed E-state index contributed by atoms with van der Waals surface area (Å²) in [4.78, 5) is 0. The van der Waals surface area contributed by atoms with Gasteiger partial charge in [-0.3, -0.25) is 4.68 Å². The van der Waals surface area contributed by atoms with Crippen LogP contribution >= 0.6 is 0 Å². The molecule has 2 rings (SSSR count). The summed E-state index contributed by atoms with van der Waals surface area (Å²) in [6.45, 7) is 2.13. The van der Waals surface area contributed by atoms with Crippen molar-refractivity contribution in [3.05, 3.63) is 53.6 Å². The van der Waals surface area contributed by atoms with Gasteiger partial charge in [0.05, 0.1) is 12.2 Å². The largest absolute Gasteiger partial charge is 0.386 e. The summed E-state index contributed by atoms with van der Waals surface area (Å²) >= 11 is 0. The molecule has 2 aromatic rings. The van der Waals surface area contributed by atoms with Gasteiger partial charge < -0.3 is 5.11 Å². The second-order valence-corrected chi connectivity index (χ2v) is 3.72. The zero-order valence-corrected chi connectivity index (χ0v) is 8.97. The molecular formula is C12H13FN2O. The highest BCUT2D eigenvalue weighted by Gasteiger charge is 2.12. The molecule has 4 heteroatoms. The Hall–Kier alpha value is -1.68. The second-order valence-electron chi connectivity index (χ2n) is 3.72. The number of nitrogens with zero attached hydrogens (tertiary/aromatic N) is 2. The van der Waals surface area contributed by atoms with Crippen molar-refractivity contribution in [2.24, 2.45) is 0 Å². The van der Waals surface area contributed by atoms with E-state index in [0.717, 1.165) is 5.69 Å². The van der Waals surface area contributed by atoms with Gasteiger partial charge in [-0.1, -0.05) is 18.2 Å². The molecule has 0 amide bonds. The average Bonchev–Trinajstić information content (AvgIpc) is 2.64. The number of aryl methyl sites for hydroxylation is 1. The minimum absolute atomic E-state index is 0.259. The van der Waals surface area contributed by atoms with Crippen molar-refractivity contribution in [2.45, 2.75) is 19.6 Å². The standard InChI is InChI=1S/C12H13FN2O/c1-9-6-7-15(14-9)8-12(16)10-4-2-3-5-11(10)13/h2-7,12,16H,8H2,1H3. The van der Waals surface area contributed by atoms with Crippen molar-refractivity contribution in [3.63, 3.8) is 0 Å². The molecule has 0 saturated carbocycles. The quantitative estimate of drug-likeness (QED) is 0.859. The first-order valence-corrected chi connectivity index (χ1v) is 5.09. The van der Waals surface area contributed by atoms with Gasteiger partial charge in [0.15, 0.2) is 0 Å². The Balaban J connectivity index is 2.14. The molecule has 1 N–H and O–H groups in total. The number of aromatic nitrogens is 2. The van der Waals surface area contributed by atoms with E-state index in [1.807, 2.05) is 13.0 Å². The van der Waals surface area contributed by atoms with Crippen LogP contribution in [-0.2, 0) is 6.54 Å². The Bertz CT molecular complexity index is 481. The van der Waals surface area contributed by atoms with Crippen LogP contribution in [0.25, 0.3) is 0 Å². The average molecular weight is 220 g/mol. The maximum Gasteiger partial charge on any atom is 0.129 e.